The molecular formula is C19H24N2O3. The van der Waals surface area contributed by atoms with Crippen molar-refractivity contribution in [2.75, 3.05) is 20.3 Å². The zero-order valence-corrected chi connectivity index (χ0v) is 13.9. The Kier molecular flexibility index (Phi) is 6.35. The summed E-state index contributed by atoms with van der Waals surface area (Å²) in [6.45, 7) is 0.182. The number of carbonyl (C=O) groups is 1. The molecule has 0 bridgehead atoms. The third kappa shape index (κ3) is 4.81. The molecule has 4 N–H and O–H groups in total. The Hall–Kier alpha value is -2.37. The van der Waals surface area contributed by atoms with Gasteiger partial charge in [-0.05, 0) is 23.3 Å². The van der Waals surface area contributed by atoms with Gasteiger partial charge in [-0.3, -0.25) is 4.79 Å². The molecule has 0 heterocycles. The number of rotatable bonds is 8. The number of amides is 1. The summed E-state index contributed by atoms with van der Waals surface area (Å²) in [7, 11) is 1.50. The largest absolute Gasteiger partial charge is 0.493 e. The quantitative estimate of drug-likeness (QED) is 0.682. The average Bonchev–Trinajstić information content (AvgIpc) is 2.63. The van der Waals surface area contributed by atoms with Gasteiger partial charge in [0.1, 0.15) is 11.3 Å². The molecule has 0 saturated carbocycles. The normalized spacial score (nSPS) is 13.1. The van der Waals surface area contributed by atoms with E-state index in [1.165, 1.54) is 12.6 Å². The van der Waals surface area contributed by atoms with Crippen LogP contribution in [-0.2, 0) is 17.6 Å². The fourth-order valence-corrected chi connectivity index (χ4v) is 2.46. The van der Waals surface area contributed by atoms with E-state index >= 15 is 0 Å². The smallest absolute Gasteiger partial charge is 0.242 e. The monoisotopic (exact) mass is 328 g/mol. The van der Waals surface area contributed by atoms with Gasteiger partial charge in [0, 0.05) is 19.9 Å². The van der Waals surface area contributed by atoms with Crippen LogP contribution in [0.2, 0.25) is 0 Å². The molecule has 2 aromatic carbocycles. The first-order valence-electron chi connectivity index (χ1n) is 7.95. The highest BCUT2D eigenvalue weighted by molar-refractivity contribution is 5.86. The summed E-state index contributed by atoms with van der Waals surface area (Å²) >= 11 is 0. The van der Waals surface area contributed by atoms with Crippen LogP contribution in [-0.4, -0.2) is 36.8 Å². The van der Waals surface area contributed by atoms with Crippen LogP contribution in [0.3, 0.4) is 0 Å². The Morgan fingerprint density at radius 2 is 1.79 bits per heavy atom. The molecule has 0 aromatic heterocycles. The molecule has 24 heavy (non-hydrogen) atoms. The van der Waals surface area contributed by atoms with E-state index in [1.807, 2.05) is 42.5 Å². The lowest BCUT2D eigenvalue weighted by atomic mass is 9.91. The first kappa shape index (κ1) is 18.0. The van der Waals surface area contributed by atoms with Crippen LogP contribution >= 0.6 is 0 Å². The molecule has 0 aliphatic carbocycles. The SMILES string of the molecule is CNC(=O)C(N)(CO)Cc1ccc(OCCc2ccccc2)cc1. The number of nitrogens with two attached hydrogens (primary N) is 1. The summed E-state index contributed by atoms with van der Waals surface area (Å²) < 4.78 is 5.73. The Morgan fingerprint density at radius 3 is 2.38 bits per heavy atom. The van der Waals surface area contributed by atoms with Crippen LogP contribution in [0.25, 0.3) is 0 Å². The number of hydrogen-bond acceptors (Lipinski definition) is 4. The van der Waals surface area contributed by atoms with Gasteiger partial charge in [0.2, 0.25) is 5.91 Å². The Morgan fingerprint density at radius 1 is 1.12 bits per heavy atom. The molecule has 1 atom stereocenters. The predicted octanol–water partition coefficient (Wildman–Crippen LogP) is 1.29. The van der Waals surface area contributed by atoms with Gasteiger partial charge in [-0.1, -0.05) is 42.5 Å². The van der Waals surface area contributed by atoms with Gasteiger partial charge in [-0.15, -0.1) is 0 Å². The fraction of sp³-hybridized carbons (Fsp3) is 0.316. The van der Waals surface area contributed by atoms with Crippen molar-refractivity contribution >= 4 is 5.91 Å². The van der Waals surface area contributed by atoms with E-state index in [9.17, 15) is 9.90 Å². The number of benzene rings is 2. The summed E-state index contributed by atoms with van der Waals surface area (Å²) in [6, 6.07) is 17.6. The third-order valence-electron chi connectivity index (χ3n) is 3.91. The summed E-state index contributed by atoms with van der Waals surface area (Å²) in [6.07, 6.45) is 1.10. The predicted molar refractivity (Wildman–Crippen MR) is 93.9 cm³/mol. The summed E-state index contributed by atoms with van der Waals surface area (Å²) in [4.78, 5) is 11.8. The van der Waals surface area contributed by atoms with Crippen molar-refractivity contribution in [3.63, 3.8) is 0 Å². The lowest BCUT2D eigenvalue weighted by Crippen LogP contribution is -2.57. The maximum Gasteiger partial charge on any atom is 0.242 e. The van der Waals surface area contributed by atoms with Gasteiger partial charge in [-0.2, -0.15) is 0 Å². The van der Waals surface area contributed by atoms with E-state index in [2.05, 4.69) is 17.4 Å². The molecule has 5 heteroatoms. The van der Waals surface area contributed by atoms with E-state index < -0.39 is 12.1 Å². The number of hydrogen-bond donors (Lipinski definition) is 3. The minimum absolute atomic E-state index is 0.257. The number of carbonyl (C=O) groups excluding carboxylic acids is 1. The lowest BCUT2D eigenvalue weighted by molar-refractivity contribution is -0.127. The zero-order valence-electron chi connectivity index (χ0n) is 13.9. The highest BCUT2D eigenvalue weighted by Gasteiger charge is 2.32. The molecular weight excluding hydrogens is 304 g/mol. The van der Waals surface area contributed by atoms with Gasteiger partial charge >= 0.3 is 0 Å². The van der Waals surface area contributed by atoms with Crippen LogP contribution in [0.1, 0.15) is 11.1 Å². The van der Waals surface area contributed by atoms with Crippen molar-refractivity contribution in [3.05, 3.63) is 65.7 Å². The standard InChI is InChI=1S/C19H24N2O3/c1-21-18(23)19(20,14-22)13-16-7-9-17(10-8-16)24-12-11-15-5-3-2-4-6-15/h2-10,22H,11-14,20H2,1H3,(H,21,23). The van der Waals surface area contributed by atoms with E-state index in [0.717, 1.165) is 17.7 Å². The topological polar surface area (TPSA) is 84.6 Å². The van der Waals surface area contributed by atoms with Crippen LogP contribution in [0.5, 0.6) is 5.75 Å². The number of nitrogens with one attached hydrogen (secondary N) is 1. The molecule has 1 unspecified atom stereocenters. The second-order valence-electron chi connectivity index (χ2n) is 5.80. The molecule has 0 radical (unpaired) electrons. The fourth-order valence-electron chi connectivity index (χ4n) is 2.46. The maximum absolute atomic E-state index is 11.8. The number of aliphatic hydroxyl groups is 1. The van der Waals surface area contributed by atoms with E-state index in [0.29, 0.717) is 6.61 Å². The number of aliphatic hydroxyl groups excluding tert-OH is 1. The van der Waals surface area contributed by atoms with Gasteiger partial charge in [0.25, 0.3) is 0 Å². The number of likely N-dealkylation sites (N-methyl/N-ethyl adjacent to an activating group) is 1. The molecule has 1 amide bonds. The molecule has 2 rings (SSSR count). The molecule has 0 aliphatic rings. The van der Waals surface area contributed by atoms with Crippen LogP contribution in [0.4, 0.5) is 0 Å². The van der Waals surface area contributed by atoms with E-state index in [1.54, 1.807) is 0 Å². The first-order chi connectivity index (χ1) is 11.6. The molecule has 0 saturated heterocycles. The van der Waals surface area contributed by atoms with Crippen molar-refractivity contribution in [1.82, 2.24) is 5.32 Å². The van der Waals surface area contributed by atoms with Crippen molar-refractivity contribution in [2.45, 2.75) is 18.4 Å². The van der Waals surface area contributed by atoms with Crippen molar-refractivity contribution in [3.8, 4) is 5.75 Å². The minimum Gasteiger partial charge on any atom is -0.493 e. The van der Waals surface area contributed by atoms with E-state index in [-0.39, 0.29) is 12.3 Å². The zero-order chi connectivity index (χ0) is 17.4. The molecule has 128 valence electrons. The van der Waals surface area contributed by atoms with Crippen LogP contribution in [0.15, 0.2) is 54.6 Å². The average molecular weight is 328 g/mol. The molecule has 5 nitrogen and oxygen atoms in total. The Balaban J connectivity index is 1.89. The third-order valence-corrected chi connectivity index (χ3v) is 3.91. The summed E-state index contributed by atoms with van der Waals surface area (Å²) in [5, 5.41) is 11.9. The summed E-state index contributed by atoms with van der Waals surface area (Å²) in [5.74, 6) is 0.384. The van der Waals surface area contributed by atoms with Gasteiger partial charge in [0.05, 0.1) is 13.2 Å². The lowest BCUT2D eigenvalue weighted by Gasteiger charge is -2.25. The maximum atomic E-state index is 11.8. The summed E-state index contributed by atoms with van der Waals surface area (Å²) in [5.41, 5.74) is 6.76. The van der Waals surface area contributed by atoms with Crippen molar-refractivity contribution < 1.29 is 14.6 Å². The van der Waals surface area contributed by atoms with Gasteiger partial charge in [-0.25, -0.2) is 0 Å². The Labute approximate surface area is 142 Å². The first-order valence-corrected chi connectivity index (χ1v) is 7.95. The minimum atomic E-state index is -1.32. The van der Waals surface area contributed by atoms with E-state index in [4.69, 9.17) is 10.5 Å². The molecule has 0 aliphatic heterocycles. The van der Waals surface area contributed by atoms with Crippen molar-refractivity contribution in [1.29, 1.82) is 0 Å². The highest BCUT2D eigenvalue weighted by Crippen LogP contribution is 2.17. The van der Waals surface area contributed by atoms with Gasteiger partial charge < -0.3 is 20.9 Å². The second-order valence-corrected chi connectivity index (χ2v) is 5.80. The van der Waals surface area contributed by atoms with Gasteiger partial charge in [0.15, 0.2) is 0 Å². The molecule has 2 aromatic rings. The highest BCUT2D eigenvalue weighted by atomic mass is 16.5. The number of ether oxygens (including phenoxy) is 1. The van der Waals surface area contributed by atoms with Crippen LogP contribution in [0, 0.1) is 0 Å². The molecule has 0 spiro atoms. The van der Waals surface area contributed by atoms with Crippen molar-refractivity contribution in [2.24, 2.45) is 5.73 Å². The molecule has 0 fully saturated rings. The second kappa shape index (κ2) is 8.47. The Bertz CT molecular complexity index is 643. The van der Waals surface area contributed by atoms with Crippen LogP contribution < -0.4 is 15.8 Å².